The molecule has 0 bridgehead atoms. The van der Waals surface area contributed by atoms with Gasteiger partial charge in [0, 0.05) is 74.5 Å². The molecule has 6 rings (SSSR count). The minimum absolute atomic E-state index is 0.0354. The molecule has 0 aliphatic carbocycles. The molecule has 2 atom stereocenters. The van der Waals surface area contributed by atoms with Crippen LogP contribution in [0.2, 0.25) is 5.02 Å². The van der Waals surface area contributed by atoms with Gasteiger partial charge in [-0.3, -0.25) is 25.2 Å². The maximum absolute atomic E-state index is 12.3. The molecule has 3 aliphatic rings. The lowest BCUT2D eigenvalue weighted by molar-refractivity contribution is -0.121. The van der Waals surface area contributed by atoms with E-state index in [4.69, 9.17) is 22.0 Å². The molecule has 5 N–H and O–H groups in total. The van der Waals surface area contributed by atoms with Crippen LogP contribution < -0.4 is 31.1 Å². The van der Waals surface area contributed by atoms with Gasteiger partial charge in [-0.2, -0.15) is 4.98 Å². The van der Waals surface area contributed by atoms with Gasteiger partial charge in [0.1, 0.15) is 10.9 Å². The molecule has 2 saturated heterocycles. The van der Waals surface area contributed by atoms with Crippen LogP contribution >= 0.6 is 11.6 Å². The fourth-order valence-electron chi connectivity index (χ4n) is 6.01. The van der Waals surface area contributed by atoms with Crippen LogP contribution in [0.4, 0.5) is 39.3 Å². The molecular formula is C31H35ClN10O3. The molecule has 0 radical (unpaired) electrons. The number of amidine groups is 1. The van der Waals surface area contributed by atoms with Gasteiger partial charge >= 0.3 is 6.03 Å². The van der Waals surface area contributed by atoms with E-state index in [1.807, 2.05) is 36.4 Å². The molecule has 14 heteroatoms. The van der Waals surface area contributed by atoms with Crippen molar-refractivity contribution in [2.45, 2.75) is 32.2 Å². The van der Waals surface area contributed by atoms with Crippen molar-refractivity contribution in [3.63, 3.8) is 0 Å². The lowest BCUT2D eigenvalue weighted by Crippen LogP contribution is -2.52. The number of anilines is 6. The summed E-state index contributed by atoms with van der Waals surface area (Å²) >= 11 is 6.47. The summed E-state index contributed by atoms with van der Waals surface area (Å²) in [5, 5.41) is 21.4. The van der Waals surface area contributed by atoms with E-state index in [9.17, 15) is 14.4 Å². The van der Waals surface area contributed by atoms with Gasteiger partial charge in [-0.25, -0.2) is 9.78 Å². The zero-order chi connectivity index (χ0) is 31.8. The molecule has 2 aromatic carbocycles. The number of carbonyl (C=O) groups is 3. The third kappa shape index (κ3) is 6.07. The number of likely N-dealkylation sites (N-methyl/N-ethyl adjacent to an activating group) is 1. The summed E-state index contributed by atoms with van der Waals surface area (Å²) in [6, 6.07) is 11.0. The van der Waals surface area contributed by atoms with Crippen molar-refractivity contribution in [2.24, 2.45) is 5.92 Å². The number of nitrogens with zero attached hydrogens (tertiary/aromatic N) is 5. The predicted octanol–water partition coefficient (Wildman–Crippen LogP) is 4.03. The number of fused-ring (bicyclic) bond motifs is 1. The molecular weight excluding hydrogens is 596 g/mol. The maximum Gasteiger partial charge on any atom is 0.329 e. The molecule has 45 heavy (non-hydrogen) atoms. The highest BCUT2D eigenvalue weighted by atomic mass is 35.5. The smallest absolute Gasteiger partial charge is 0.329 e. The number of rotatable bonds is 7. The van der Waals surface area contributed by atoms with Crippen molar-refractivity contribution in [1.29, 1.82) is 5.41 Å². The molecule has 234 valence electrons. The van der Waals surface area contributed by atoms with Crippen molar-refractivity contribution in [1.82, 2.24) is 20.2 Å². The highest BCUT2D eigenvalue weighted by molar-refractivity contribution is 6.33. The first-order valence-electron chi connectivity index (χ1n) is 14.8. The number of hydrogen-bond acceptors (Lipinski definition) is 10. The van der Waals surface area contributed by atoms with Crippen LogP contribution in [-0.4, -0.2) is 78.3 Å². The first-order chi connectivity index (χ1) is 21.6. The number of carbonyl (C=O) groups excluding carboxylic acids is 3. The minimum atomic E-state index is -0.581. The van der Waals surface area contributed by atoms with Crippen LogP contribution in [0.25, 0.3) is 0 Å². The van der Waals surface area contributed by atoms with Gasteiger partial charge in [0.25, 0.3) is 0 Å². The van der Waals surface area contributed by atoms with Crippen LogP contribution in [0, 0.1) is 11.3 Å². The summed E-state index contributed by atoms with van der Waals surface area (Å²) in [7, 11) is 3.55. The van der Waals surface area contributed by atoms with Crippen molar-refractivity contribution in [2.75, 3.05) is 59.5 Å². The second-order valence-corrected chi connectivity index (χ2v) is 11.9. The average molecular weight is 631 g/mol. The summed E-state index contributed by atoms with van der Waals surface area (Å²) in [6.45, 7) is 3.82. The SMILES string of the molecule is CNc1cc(N[C@@H]2CCN(c3ncc(Cl)c(Nc4ccc5c(c4)CC(=O)N5C)n3)C[C@H]2C)ccc1C(=N)N1CCC(=O)NC1=O. The first-order valence-corrected chi connectivity index (χ1v) is 15.2. The van der Waals surface area contributed by atoms with E-state index >= 15 is 0 Å². The van der Waals surface area contributed by atoms with Crippen molar-refractivity contribution in [3.8, 4) is 0 Å². The fourth-order valence-corrected chi connectivity index (χ4v) is 6.15. The van der Waals surface area contributed by atoms with Crippen LogP contribution in [0.3, 0.4) is 0 Å². The van der Waals surface area contributed by atoms with E-state index in [1.165, 1.54) is 4.90 Å². The Labute approximate surface area is 265 Å². The number of amides is 4. The Morgan fingerprint density at radius 2 is 1.91 bits per heavy atom. The standard InChI is InChI=1S/C31H35ClN10O3/c1-17-16-41(30-35-15-22(32)29(39-30)37-19-5-7-25-18(12-19)13-27(44)40(25)3)10-8-23(17)36-20-4-6-21(24(14-20)34-2)28(33)42-11-9-26(43)38-31(42)45/h4-7,12,14-15,17,23,33-34,36H,8-11,13,16H2,1-3H3,(H,35,37,39)(H,38,43,45)/t17-,23-/m1/s1. The van der Waals surface area contributed by atoms with Crippen LogP contribution in [0.5, 0.6) is 0 Å². The number of aromatic nitrogens is 2. The van der Waals surface area contributed by atoms with Gasteiger partial charge in [0.2, 0.25) is 17.8 Å². The van der Waals surface area contributed by atoms with Gasteiger partial charge in [0.05, 0.1) is 12.6 Å². The second kappa shape index (κ2) is 12.2. The average Bonchev–Trinajstić information content (AvgIpc) is 3.30. The third-order valence-electron chi connectivity index (χ3n) is 8.56. The molecule has 3 aromatic rings. The number of nitrogens with one attached hydrogen (secondary N) is 5. The predicted molar refractivity (Wildman–Crippen MR) is 175 cm³/mol. The molecule has 0 saturated carbocycles. The van der Waals surface area contributed by atoms with Crippen LogP contribution in [0.15, 0.2) is 42.6 Å². The summed E-state index contributed by atoms with van der Waals surface area (Å²) in [6.07, 6.45) is 2.98. The van der Waals surface area contributed by atoms with Gasteiger partial charge in [-0.1, -0.05) is 18.5 Å². The second-order valence-electron chi connectivity index (χ2n) is 11.5. The summed E-state index contributed by atoms with van der Waals surface area (Å²) in [4.78, 5) is 50.2. The molecule has 0 spiro atoms. The van der Waals surface area contributed by atoms with E-state index < -0.39 is 6.03 Å². The summed E-state index contributed by atoms with van der Waals surface area (Å²) < 4.78 is 0. The zero-order valence-corrected chi connectivity index (χ0v) is 26.0. The van der Waals surface area contributed by atoms with E-state index in [0.29, 0.717) is 34.5 Å². The first kappa shape index (κ1) is 30.1. The summed E-state index contributed by atoms with van der Waals surface area (Å²) in [5.74, 6) is 1.12. The molecule has 4 amide bonds. The van der Waals surface area contributed by atoms with Crippen molar-refractivity contribution in [3.05, 3.63) is 58.7 Å². The monoisotopic (exact) mass is 630 g/mol. The zero-order valence-electron chi connectivity index (χ0n) is 25.3. The Kier molecular flexibility index (Phi) is 8.19. The Morgan fingerprint density at radius 1 is 1.11 bits per heavy atom. The van der Waals surface area contributed by atoms with Gasteiger partial charge < -0.3 is 25.8 Å². The number of imide groups is 1. The highest BCUT2D eigenvalue weighted by Crippen LogP contribution is 2.33. The molecule has 2 fully saturated rings. The quantitative estimate of drug-likeness (QED) is 0.192. The van der Waals surface area contributed by atoms with E-state index in [2.05, 4.69) is 38.1 Å². The Morgan fingerprint density at radius 3 is 2.67 bits per heavy atom. The third-order valence-corrected chi connectivity index (χ3v) is 8.84. The number of benzene rings is 2. The van der Waals surface area contributed by atoms with Crippen LogP contribution in [-0.2, 0) is 16.0 Å². The van der Waals surface area contributed by atoms with Gasteiger partial charge in [-0.05, 0) is 54.3 Å². The lowest BCUT2D eigenvalue weighted by atomic mass is 9.93. The highest BCUT2D eigenvalue weighted by Gasteiger charge is 2.30. The Hall–Kier alpha value is -4.91. The number of hydrogen-bond donors (Lipinski definition) is 5. The molecule has 3 aliphatic heterocycles. The largest absolute Gasteiger partial charge is 0.387 e. The molecule has 0 unspecified atom stereocenters. The Balaban J connectivity index is 1.10. The summed E-state index contributed by atoms with van der Waals surface area (Å²) in [5.41, 5.74) is 4.85. The number of halogens is 1. The number of urea groups is 1. The molecule has 13 nitrogen and oxygen atoms in total. The van der Waals surface area contributed by atoms with Crippen molar-refractivity contribution >= 4 is 69.8 Å². The molecule has 4 heterocycles. The van der Waals surface area contributed by atoms with Crippen LogP contribution in [0.1, 0.15) is 30.9 Å². The van der Waals surface area contributed by atoms with E-state index in [1.54, 1.807) is 25.2 Å². The lowest BCUT2D eigenvalue weighted by Gasteiger charge is -2.38. The van der Waals surface area contributed by atoms with Gasteiger partial charge in [-0.15, -0.1) is 0 Å². The molecule has 1 aromatic heterocycles. The minimum Gasteiger partial charge on any atom is -0.387 e. The topological polar surface area (TPSA) is 159 Å². The van der Waals surface area contributed by atoms with E-state index in [-0.39, 0.29) is 42.6 Å². The van der Waals surface area contributed by atoms with Crippen molar-refractivity contribution < 1.29 is 14.4 Å². The fraction of sp³-hybridized carbons (Fsp3) is 0.355. The normalized spacial score (nSPS) is 19.7. The van der Waals surface area contributed by atoms with Gasteiger partial charge in [0.15, 0.2) is 5.82 Å². The van der Waals surface area contributed by atoms with E-state index in [0.717, 1.165) is 42.1 Å². The number of piperidine rings is 1. The Bertz CT molecular complexity index is 1700. The maximum atomic E-state index is 12.3.